The molecule has 2 aromatic rings. The van der Waals surface area contributed by atoms with Gasteiger partial charge in [-0.2, -0.15) is 0 Å². The smallest absolute Gasteiger partial charge is 0.358 e. The van der Waals surface area contributed by atoms with Crippen molar-refractivity contribution in [2.45, 2.75) is 27.0 Å². The van der Waals surface area contributed by atoms with Crippen LogP contribution in [0.25, 0.3) is 0 Å². The number of aliphatic imine (C=N–C) groups is 1. The summed E-state index contributed by atoms with van der Waals surface area (Å²) in [6.07, 6.45) is -1.23. The number of rotatable bonds is 6. The van der Waals surface area contributed by atoms with Crippen LogP contribution in [-0.2, 0) is 9.63 Å². The molecule has 136 valence electrons. The van der Waals surface area contributed by atoms with Crippen molar-refractivity contribution in [3.63, 3.8) is 0 Å². The van der Waals surface area contributed by atoms with Crippen LogP contribution in [0.3, 0.4) is 0 Å². The van der Waals surface area contributed by atoms with Crippen molar-refractivity contribution in [2.75, 3.05) is 7.11 Å². The summed E-state index contributed by atoms with van der Waals surface area (Å²) >= 11 is 0. The van der Waals surface area contributed by atoms with Crippen LogP contribution in [-0.4, -0.2) is 34.7 Å². The number of carboxylic acids is 1. The molecule has 6 heteroatoms. The second kappa shape index (κ2) is 8.40. The zero-order valence-corrected chi connectivity index (χ0v) is 15.2. The van der Waals surface area contributed by atoms with Gasteiger partial charge >= 0.3 is 5.97 Å². The van der Waals surface area contributed by atoms with E-state index in [-0.39, 0.29) is 11.3 Å². The summed E-state index contributed by atoms with van der Waals surface area (Å²) in [5, 5.41) is 23.7. The predicted octanol–water partition coefficient (Wildman–Crippen LogP) is 3.24. The lowest BCUT2D eigenvalue weighted by atomic mass is 9.97. The standard InChI is InChI=1S/C20H22N2O4/c1-12-8-10-15(11-9-12)14(3)21-19(23)17-13(2)6-5-7-16(17)18(20(24)25)22-26-4/h5-11,19,23H,1-4H3,(H,24,25)/b21-14?,22-18+. The molecule has 1 unspecified atom stereocenters. The Bertz CT molecular complexity index is 855. The van der Waals surface area contributed by atoms with Gasteiger partial charge in [0.05, 0.1) is 0 Å². The SMILES string of the molecule is CO/N=C(/C(=O)O)c1cccc(C)c1C(O)N=C(C)c1ccc(C)cc1. The summed E-state index contributed by atoms with van der Waals surface area (Å²) in [4.78, 5) is 20.5. The highest BCUT2D eigenvalue weighted by atomic mass is 16.6. The van der Waals surface area contributed by atoms with Crippen LogP contribution in [0.1, 0.15) is 41.0 Å². The Morgan fingerprint density at radius 1 is 1.12 bits per heavy atom. The number of carbonyl (C=O) groups is 1. The number of aryl methyl sites for hydroxylation is 2. The third-order valence-electron chi connectivity index (χ3n) is 4.01. The lowest BCUT2D eigenvalue weighted by Crippen LogP contribution is -2.19. The number of oxime groups is 1. The summed E-state index contributed by atoms with van der Waals surface area (Å²) in [7, 11) is 1.27. The highest BCUT2D eigenvalue weighted by molar-refractivity contribution is 6.42. The molecule has 0 radical (unpaired) electrons. The molecule has 2 aromatic carbocycles. The molecule has 0 saturated heterocycles. The van der Waals surface area contributed by atoms with Crippen LogP contribution in [0.15, 0.2) is 52.6 Å². The largest absolute Gasteiger partial charge is 0.476 e. The highest BCUT2D eigenvalue weighted by Crippen LogP contribution is 2.25. The molecule has 0 amide bonds. The second-order valence-corrected chi connectivity index (χ2v) is 5.92. The van der Waals surface area contributed by atoms with Gasteiger partial charge < -0.3 is 15.1 Å². The summed E-state index contributed by atoms with van der Waals surface area (Å²) in [6.45, 7) is 5.57. The molecule has 1 atom stereocenters. The van der Waals surface area contributed by atoms with Crippen LogP contribution in [0.2, 0.25) is 0 Å². The van der Waals surface area contributed by atoms with E-state index < -0.39 is 12.2 Å². The van der Waals surface area contributed by atoms with Gasteiger partial charge in [-0.15, -0.1) is 0 Å². The van der Waals surface area contributed by atoms with E-state index >= 15 is 0 Å². The van der Waals surface area contributed by atoms with E-state index in [4.69, 9.17) is 0 Å². The van der Waals surface area contributed by atoms with E-state index in [0.29, 0.717) is 16.8 Å². The molecular weight excluding hydrogens is 332 g/mol. The average Bonchev–Trinajstić information content (AvgIpc) is 2.59. The minimum absolute atomic E-state index is 0.271. The minimum Gasteiger partial charge on any atom is -0.476 e. The fourth-order valence-electron chi connectivity index (χ4n) is 2.64. The molecule has 2 N–H and O–H groups in total. The van der Waals surface area contributed by atoms with Crippen molar-refractivity contribution in [3.05, 3.63) is 70.3 Å². The van der Waals surface area contributed by atoms with Gasteiger partial charge in [-0.1, -0.05) is 53.2 Å². The van der Waals surface area contributed by atoms with Gasteiger partial charge in [0, 0.05) is 16.8 Å². The lowest BCUT2D eigenvalue weighted by molar-refractivity contribution is -0.129. The van der Waals surface area contributed by atoms with Crippen molar-refractivity contribution in [3.8, 4) is 0 Å². The first kappa shape index (κ1) is 19.3. The minimum atomic E-state index is -1.25. The molecule has 0 saturated carbocycles. The van der Waals surface area contributed by atoms with Crippen LogP contribution < -0.4 is 0 Å². The maximum absolute atomic E-state index is 11.5. The topological polar surface area (TPSA) is 91.5 Å². The third-order valence-corrected chi connectivity index (χ3v) is 4.01. The van der Waals surface area contributed by atoms with Crippen molar-refractivity contribution in [1.29, 1.82) is 0 Å². The zero-order valence-electron chi connectivity index (χ0n) is 15.2. The number of benzene rings is 2. The summed E-state index contributed by atoms with van der Waals surface area (Å²) in [5.74, 6) is -1.25. The van der Waals surface area contributed by atoms with Gasteiger partial charge in [0.2, 0.25) is 0 Å². The van der Waals surface area contributed by atoms with Gasteiger partial charge in [0.1, 0.15) is 7.11 Å². The quantitative estimate of drug-likeness (QED) is 0.615. The molecule has 0 aliphatic heterocycles. The van der Waals surface area contributed by atoms with E-state index in [0.717, 1.165) is 11.1 Å². The van der Waals surface area contributed by atoms with Gasteiger partial charge in [0.15, 0.2) is 11.9 Å². The van der Waals surface area contributed by atoms with Crippen molar-refractivity contribution >= 4 is 17.4 Å². The van der Waals surface area contributed by atoms with E-state index in [1.165, 1.54) is 7.11 Å². The van der Waals surface area contributed by atoms with Gasteiger partial charge in [0.25, 0.3) is 0 Å². The third kappa shape index (κ3) is 4.34. The normalized spacial score (nSPS) is 13.4. The Labute approximate surface area is 152 Å². The van der Waals surface area contributed by atoms with E-state index in [1.807, 2.05) is 31.2 Å². The van der Waals surface area contributed by atoms with E-state index in [9.17, 15) is 15.0 Å². The van der Waals surface area contributed by atoms with Gasteiger partial charge in [-0.25, -0.2) is 4.79 Å². The highest BCUT2D eigenvalue weighted by Gasteiger charge is 2.23. The zero-order chi connectivity index (χ0) is 19.3. The molecule has 26 heavy (non-hydrogen) atoms. The van der Waals surface area contributed by atoms with Gasteiger partial charge in [-0.05, 0) is 31.9 Å². The summed E-state index contributed by atoms with van der Waals surface area (Å²) < 4.78 is 0. The first-order valence-corrected chi connectivity index (χ1v) is 8.09. The molecule has 2 rings (SSSR count). The van der Waals surface area contributed by atoms with Crippen LogP contribution in [0.4, 0.5) is 0 Å². The van der Waals surface area contributed by atoms with Crippen molar-refractivity contribution in [2.24, 2.45) is 10.1 Å². The molecule has 0 heterocycles. The fraction of sp³-hybridized carbons (Fsp3) is 0.250. The molecule has 6 nitrogen and oxygen atoms in total. The lowest BCUT2D eigenvalue weighted by Gasteiger charge is -2.16. The van der Waals surface area contributed by atoms with Crippen LogP contribution >= 0.6 is 0 Å². The Balaban J connectivity index is 2.50. The van der Waals surface area contributed by atoms with Crippen LogP contribution in [0.5, 0.6) is 0 Å². The molecule has 0 spiro atoms. The Morgan fingerprint density at radius 2 is 1.77 bits per heavy atom. The number of aliphatic hydroxyl groups excluding tert-OH is 1. The predicted molar refractivity (Wildman–Crippen MR) is 101 cm³/mol. The number of hydrogen-bond donors (Lipinski definition) is 2. The number of aliphatic hydroxyl groups is 1. The Kier molecular flexibility index (Phi) is 6.25. The van der Waals surface area contributed by atoms with Crippen molar-refractivity contribution < 1.29 is 19.8 Å². The maximum atomic E-state index is 11.5. The number of aliphatic carboxylic acids is 1. The second-order valence-electron chi connectivity index (χ2n) is 5.92. The average molecular weight is 354 g/mol. The summed E-state index contributed by atoms with van der Waals surface area (Å²) in [6, 6.07) is 12.8. The fourth-order valence-corrected chi connectivity index (χ4v) is 2.64. The van der Waals surface area contributed by atoms with Gasteiger partial charge in [-0.3, -0.25) is 4.99 Å². The number of carboxylic acid groups (broad SMARTS) is 1. The van der Waals surface area contributed by atoms with Crippen LogP contribution in [0, 0.1) is 13.8 Å². The first-order valence-electron chi connectivity index (χ1n) is 8.09. The molecule has 0 bridgehead atoms. The van der Waals surface area contributed by atoms with E-state index in [1.54, 1.807) is 32.0 Å². The molecule has 0 aliphatic rings. The van der Waals surface area contributed by atoms with E-state index in [2.05, 4.69) is 15.0 Å². The Hall–Kier alpha value is -2.99. The molecule has 0 aliphatic carbocycles. The van der Waals surface area contributed by atoms with Crippen molar-refractivity contribution in [1.82, 2.24) is 0 Å². The number of hydrogen-bond acceptors (Lipinski definition) is 5. The molecular formula is C20H22N2O4. The number of nitrogens with zero attached hydrogens (tertiary/aromatic N) is 2. The molecule has 0 fully saturated rings. The Morgan fingerprint density at radius 3 is 2.35 bits per heavy atom. The monoisotopic (exact) mass is 354 g/mol. The first-order chi connectivity index (χ1) is 12.3. The molecule has 0 aromatic heterocycles. The summed E-state index contributed by atoms with van der Waals surface area (Å²) in [5.41, 5.74) is 3.74. The maximum Gasteiger partial charge on any atom is 0.358 e.